The van der Waals surface area contributed by atoms with Crippen LogP contribution in [0.5, 0.6) is 0 Å². The van der Waals surface area contributed by atoms with Crippen molar-refractivity contribution < 1.29 is 0 Å². The first-order chi connectivity index (χ1) is 9.97. The summed E-state index contributed by atoms with van der Waals surface area (Å²) in [7, 11) is 0. The fraction of sp³-hybridized carbons (Fsp3) is 0.235. The molecule has 0 aliphatic rings. The zero-order valence-electron chi connectivity index (χ0n) is 12.2. The predicted molar refractivity (Wildman–Crippen MR) is 92.5 cm³/mol. The molecule has 0 aliphatic heterocycles. The predicted octanol–water partition coefficient (Wildman–Crippen LogP) is 5.70. The highest BCUT2D eigenvalue weighted by Gasteiger charge is 2.17. The fourth-order valence-electron chi connectivity index (χ4n) is 2.55. The minimum atomic E-state index is -0.156. The van der Waals surface area contributed by atoms with Gasteiger partial charge in [-0.15, -0.1) is 11.6 Å². The van der Waals surface area contributed by atoms with Crippen LogP contribution in [-0.4, -0.2) is 9.55 Å². The molecule has 0 aliphatic carbocycles. The highest BCUT2D eigenvalue weighted by Crippen LogP contribution is 2.31. The van der Waals surface area contributed by atoms with E-state index < -0.39 is 0 Å². The maximum atomic E-state index is 6.37. The van der Waals surface area contributed by atoms with E-state index in [-0.39, 0.29) is 5.38 Å². The van der Waals surface area contributed by atoms with Crippen molar-refractivity contribution in [2.75, 3.05) is 0 Å². The highest BCUT2D eigenvalue weighted by atomic mass is 79.9. The van der Waals surface area contributed by atoms with Crippen molar-refractivity contribution in [2.45, 2.75) is 26.1 Å². The molecular formula is C17H16BrClN2. The van der Waals surface area contributed by atoms with Crippen LogP contribution in [0, 0.1) is 13.8 Å². The number of aromatic nitrogens is 2. The molecule has 0 saturated heterocycles. The summed E-state index contributed by atoms with van der Waals surface area (Å²) in [6.07, 6.45) is 0. The number of benzene rings is 2. The minimum Gasteiger partial charge on any atom is -0.295 e. The van der Waals surface area contributed by atoms with Crippen LogP contribution < -0.4 is 0 Å². The van der Waals surface area contributed by atoms with Gasteiger partial charge in [0.1, 0.15) is 5.82 Å². The van der Waals surface area contributed by atoms with Gasteiger partial charge in [0.15, 0.2) is 0 Å². The lowest BCUT2D eigenvalue weighted by Crippen LogP contribution is -2.04. The van der Waals surface area contributed by atoms with Crippen molar-refractivity contribution in [1.29, 1.82) is 0 Å². The maximum Gasteiger partial charge on any atom is 0.132 e. The van der Waals surface area contributed by atoms with E-state index in [1.165, 1.54) is 11.1 Å². The Morgan fingerprint density at radius 3 is 2.62 bits per heavy atom. The summed E-state index contributed by atoms with van der Waals surface area (Å²) in [5.74, 6) is 0.874. The van der Waals surface area contributed by atoms with Gasteiger partial charge in [-0.05, 0) is 56.2 Å². The summed E-state index contributed by atoms with van der Waals surface area (Å²) in [6.45, 7) is 6.17. The van der Waals surface area contributed by atoms with E-state index in [1.807, 2.05) is 19.1 Å². The number of alkyl halides is 1. The number of fused-ring (bicyclic) bond motifs is 1. The van der Waals surface area contributed by atoms with Gasteiger partial charge < -0.3 is 0 Å². The van der Waals surface area contributed by atoms with Gasteiger partial charge in [0.25, 0.3) is 0 Å². The normalized spacial score (nSPS) is 12.8. The van der Waals surface area contributed by atoms with Gasteiger partial charge in [0.2, 0.25) is 0 Å². The Hall–Kier alpha value is -1.32. The van der Waals surface area contributed by atoms with E-state index in [2.05, 4.69) is 58.6 Å². The van der Waals surface area contributed by atoms with Crippen LogP contribution in [0.3, 0.4) is 0 Å². The van der Waals surface area contributed by atoms with Gasteiger partial charge >= 0.3 is 0 Å². The molecule has 4 heteroatoms. The van der Waals surface area contributed by atoms with E-state index >= 15 is 0 Å². The van der Waals surface area contributed by atoms with Crippen LogP contribution in [0.25, 0.3) is 16.7 Å². The molecule has 0 bridgehead atoms. The number of aryl methyl sites for hydroxylation is 2. The number of halogens is 2. The fourth-order valence-corrected chi connectivity index (χ4v) is 3.04. The van der Waals surface area contributed by atoms with Crippen LogP contribution in [0.2, 0.25) is 0 Å². The largest absolute Gasteiger partial charge is 0.295 e. The summed E-state index contributed by atoms with van der Waals surface area (Å²) in [5, 5.41) is -0.156. The number of hydrogen-bond acceptors (Lipinski definition) is 1. The molecule has 0 radical (unpaired) electrons. The van der Waals surface area contributed by atoms with Gasteiger partial charge in [-0.25, -0.2) is 4.98 Å². The Balaban J connectivity index is 2.41. The Labute approximate surface area is 137 Å². The Bertz CT molecular complexity index is 821. The van der Waals surface area contributed by atoms with Gasteiger partial charge in [0, 0.05) is 4.47 Å². The molecule has 3 aromatic rings. The third kappa shape index (κ3) is 2.60. The second-order valence-corrected chi connectivity index (χ2v) is 6.91. The summed E-state index contributed by atoms with van der Waals surface area (Å²) in [6, 6.07) is 12.6. The van der Waals surface area contributed by atoms with Crippen LogP contribution in [0.15, 0.2) is 40.9 Å². The lowest BCUT2D eigenvalue weighted by Gasteiger charge is -2.14. The van der Waals surface area contributed by atoms with Gasteiger partial charge in [-0.1, -0.05) is 28.1 Å². The third-order valence-corrected chi connectivity index (χ3v) is 4.29. The first kappa shape index (κ1) is 14.6. The number of rotatable bonds is 2. The number of hydrogen-bond donors (Lipinski definition) is 0. The molecule has 0 N–H and O–H groups in total. The number of imidazole rings is 1. The molecule has 21 heavy (non-hydrogen) atoms. The van der Waals surface area contributed by atoms with Gasteiger partial charge in [0.05, 0.1) is 22.1 Å². The third-order valence-electron chi connectivity index (χ3n) is 3.60. The van der Waals surface area contributed by atoms with Crippen LogP contribution >= 0.6 is 27.5 Å². The van der Waals surface area contributed by atoms with Crippen molar-refractivity contribution >= 4 is 38.6 Å². The molecule has 1 unspecified atom stereocenters. The van der Waals surface area contributed by atoms with E-state index in [0.717, 1.165) is 27.0 Å². The second kappa shape index (κ2) is 5.47. The van der Waals surface area contributed by atoms with Crippen molar-refractivity contribution in [3.05, 3.63) is 57.8 Å². The molecule has 2 aromatic carbocycles. The highest BCUT2D eigenvalue weighted by molar-refractivity contribution is 9.10. The molecule has 1 atom stereocenters. The Morgan fingerprint density at radius 2 is 1.90 bits per heavy atom. The average molecular weight is 364 g/mol. The molecule has 0 fully saturated rings. The zero-order chi connectivity index (χ0) is 15.1. The SMILES string of the molecule is Cc1ccc(C)c(-n2c(C(C)Cl)nc3ccc(Br)cc32)c1. The average Bonchev–Trinajstić information content (AvgIpc) is 2.80. The minimum absolute atomic E-state index is 0.156. The Kier molecular flexibility index (Phi) is 3.80. The lowest BCUT2D eigenvalue weighted by atomic mass is 10.1. The standard InChI is InChI=1S/C17H16BrClN2/c1-10-4-5-11(2)15(8-10)21-16-9-13(18)6-7-14(16)20-17(21)12(3)19/h4-9,12H,1-3H3. The molecule has 2 nitrogen and oxygen atoms in total. The molecule has 0 saturated carbocycles. The first-order valence-corrected chi connectivity index (χ1v) is 8.10. The zero-order valence-corrected chi connectivity index (χ0v) is 14.5. The quantitative estimate of drug-likeness (QED) is 0.534. The van der Waals surface area contributed by atoms with Crippen LogP contribution in [-0.2, 0) is 0 Å². The van der Waals surface area contributed by atoms with Crippen LogP contribution in [0.1, 0.15) is 29.3 Å². The van der Waals surface area contributed by atoms with Crippen molar-refractivity contribution in [2.24, 2.45) is 0 Å². The van der Waals surface area contributed by atoms with Crippen molar-refractivity contribution in [1.82, 2.24) is 9.55 Å². The molecule has 1 aromatic heterocycles. The van der Waals surface area contributed by atoms with Crippen molar-refractivity contribution in [3.8, 4) is 5.69 Å². The summed E-state index contributed by atoms with van der Waals surface area (Å²) in [4.78, 5) is 4.71. The Morgan fingerprint density at radius 1 is 1.14 bits per heavy atom. The second-order valence-electron chi connectivity index (χ2n) is 5.34. The number of nitrogens with zero attached hydrogens (tertiary/aromatic N) is 2. The topological polar surface area (TPSA) is 17.8 Å². The molecular weight excluding hydrogens is 348 g/mol. The molecule has 1 heterocycles. The van der Waals surface area contributed by atoms with E-state index in [4.69, 9.17) is 16.6 Å². The van der Waals surface area contributed by atoms with Crippen LogP contribution in [0.4, 0.5) is 0 Å². The van der Waals surface area contributed by atoms with E-state index in [9.17, 15) is 0 Å². The molecule has 0 spiro atoms. The first-order valence-electron chi connectivity index (χ1n) is 6.87. The summed E-state index contributed by atoms with van der Waals surface area (Å²) >= 11 is 9.91. The molecule has 108 valence electrons. The molecule has 0 amide bonds. The maximum absolute atomic E-state index is 6.37. The van der Waals surface area contributed by atoms with Crippen molar-refractivity contribution in [3.63, 3.8) is 0 Å². The summed E-state index contributed by atoms with van der Waals surface area (Å²) in [5.41, 5.74) is 5.60. The monoisotopic (exact) mass is 362 g/mol. The lowest BCUT2D eigenvalue weighted by molar-refractivity contribution is 0.877. The smallest absolute Gasteiger partial charge is 0.132 e. The van der Waals surface area contributed by atoms with Gasteiger partial charge in [-0.2, -0.15) is 0 Å². The van der Waals surface area contributed by atoms with Gasteiger partial charge in [-0.3, -0.25) is 4.57 Å². The molecule has 3 rings (SSSR count). The van der Waals surface area contributed by atoms with E-state index in [1.54, 1.807) is 0 Å². The van der Waals surface area contributed by atoms with E-state index in [0.29, 0.717) is 0 Å². The summed E-state index contributed by atoms with van der Waals surface area (Å²) < 4.78 is 3.20.